The summed E-state index contributed by atoms with van der Waals surface area (Å²) in [4.78, 5) is 0. The largest absolute Gasteiger partial charge is 0.489 e. The van der Waals surface area contributed by atoms with E-state index in [1.807, 2.05) is 0 Å². The van der Waals surface area contributed by atoms with Gasteiger partial charge in [0.05, 0.1) is 13.2 Å². The molecule has 19 heavy (non-hydrogen) atoms. The highest BCUT2D eigenvalue weighted by Gasteiger charge is 2.09. The van der Waals surface area contributed by atoms with Crippen LogP contribution in [0.15, 0.2) is 18.2 Å². The Bertz CT molecular complexity index is 411. The van der Waals surface area contributed by atoms with Crippen LogP contribution in [0.5, 0.6) is 11.5 Å². The van der Waals surface area contributed by atoms with Crippen molar-refractivity contribution in [3.63, 3.8) is 0 Å². The number of benzene rings is 1. The normalized spacial score (nSPS) is 9.89. The minimum absolute atomic E-state index is 0. The number of ether oxygens (including phenoxy) is 2. The maximum Gasteiger partial charge on any atom is 0.162 e. The van der Waals surface area contributed by atoms with Crippen molar-refractivity contribution >= 4 is 18.2 Å². The molecule has 5 nitrogen and oxygen atoms in total. The van der Waals surface area contributed by atoms with Crippen molar-refractivity contribution < 1.29 is 14.6 Å². The summed E-state index contributed by atoms with van der Waals surface area (Å²) in [7, 11) is 0. The van der Waals surface area contributed by atoms with Crippen LogP contribution in [0.3, 0.4) is 0 Å². The zero-order valence-corrected chi connectivity index (χ0v) is 12.0. The Labute approximate surface area is 119 Å². The SMILES string of the molecule is CC(C)COc1ccc(C(=N)N)cc1OCCO.Cl. The Hall–Kier alpha value is -1.46. The first-order chi connectivity index (χ1) is 8.54. The lowest BCUT2D eigenvalue weighted by molar-refractivity contribution is 0.190. The molecule has 0 heterocycles. The predicted molar refractivity (Wildman–Crippen MR) is 77.6 cm³/mol. The van der Waals surface area contributed by atoms with Gasteiger partial charge in [0.25, 0.3) is 0 Å². The van der Waals surface area contributed by atoms with Gasteiger partial charge in [0.1, 0.15) is 12.4 Å². The van der Waals surface area contributed by atoms with Gasteiger partial charge in [-0.2, -0.15) is 0 Å². The van der Waals surface area contributed by atoms with Gasteiger partial charge in [-0.3, -0.25) is 5.41 Å². The first-order valence-corrected chi connectivity index (χ1v) is 5.89. The molecule has 1 aromatic rings. The Balaban J connectivity index is 0.00000324. The van der Waals surface area contributed by atoms with Crippen LogP contribution in [0.1, 0.15) is 19.4 Å². The molecule has 108 valence electrons. The topological polar surface area (TPSA) is 88.6 Å². The number of nitrogens with two attached hydrogens (primary N) is 1. The molecule has 0 unspecified atom stereocenters. The molecule has 0 spiro atoms. The van der Waals surface area contributed by atoms with E-state index in [0.29, 0.717) is 29.6 Å². The lowest BCUT2D eigenvalue weighted by Crippen LogP contribution is -2.13. The molecule has 0 aromatic heterocycles. The summed E-state index contributed by atoms with van der Waals surface area (Å²) in [5.41, 5.74) is 5.99. The van der Waals surface area contributed by atoms with Gasteiger partial charge < -0.3 is 20.3 Å². The van der Waals surface area contributed by atoms with Gasteiger partial charge in [-0.25, -0.2) is 0 Å². The highest BCUT2D eigenvalue weighted by molar-refractivity contribution is 5.95. The number of rotatable bonds is 7. The molecular weight excluding hydrogens is 268 g/mol. The highest BCUT2D eigenvalue weighted by atomic mass is 35.5. The van der Waals surface area contributed by atoms with Crippen LogP contribution in [0, 0.1) is 11.3 Å². The van der Waals surface area contributed by atoms with Crippen molar-refractivity contribution in [1.82, 2.24) is 0 Å². The molecule has 1 aromatic carbocycles. The average molecular weight is 289 g/mol. The molecule has 0 aliphatic carbocycles. The van der Waals surface area contributed by atoms with E-state index >= 15 is 0 Å². The van der Waals surface area contributed by atoms with Gasteiger partial charge >= 0.3 is 0 Å². The third-order valence-electron chi connectivity index (χ3n) is 2.18. The number of hydrogen-bond donors (Lipinski definition) is 3. The molecule has 0 aliphatic heterocycles. The molecule has 0 fully saturated rings. The Morgan fingerprint density at radius 1 is 1.32 bits per heavy atom. The van der Waals surface area contributed by atoms with Crippen LogP contribution < -0.4 is 15.2 Å². The molecular formula is C13H21ClN2O3. The van der Waals surface area contributed by atoms with E-state index in [0.717, 1.165) is 0 Å². The molecule has 0 saturated carbocycles. The first kappa shape index (κ1) is 17.5. The van der Waals surface area contributed by atoms with Gasteiger partial charge in [-0.05, 0) is 24.1 Å². The van der Waals surface area contributed by atoms with E-state index in [2.05, 4.69) is 13.8 Å². The van der Waals surface area contributed by atoms with E-state index in [1.165, 1.54) is 0 Å². The fourth-order valence-corrected chi connectivity index (χ4v) is 1.32. The molecule has 0 radical (unpaired) electrons. The minimum atomic E-state index is -0.0755. The van der Waals surface area contributed by atoms with Crippen molar-refractivity contribution in [1.29, 1.82) is 5.41 Å². The van der Waals surface area contributed by atoms with Crippen LogP contribution in [0.2, 0.25) is 0 Å². The summed E-state index contributed by atoms with van der Waals surface area (Å²) in [5, 5.41) is 16.2. The smallest absolute Gasteiger partial charge is 0.162 e. The van der Waals surface area contributed by atoms with Crippen molar-refractivity contribution in [2.24, 2.45) is 11.7 Å². The third-order valence-corrected chi connectivity index (χ3v) is 2.18. The molecule has 0 atom stereocenters. The molecule has 1 rings (SSSR count). The number of nitrogens with one attached hydrogen (secondary N) is 1. The number of aliphatic hydroxyl groups is 1. The standard InChI is InChI=1S/C13H20N2O3.ClH/c1-9(2)8-18-11-4-3-10(13(14)15)7-12(11)17-6-5-16;/h3-4,7,9,16H,5-6,8H2,1-2H3,(H3,14,15);1H. The highest BCUT2D eigenvalue weighted by Crippen LogP contribution is 2.28. The lowest BCUT2D eigenvalue weighted by atomic mass is 10.2. The van der Waals surface area contributed by atoms with Gasteiger partial charge in [0.15, 0.2) is 11.5 Å². The van der Waals surface area contributed by atoms with Crippen molar-refractivity contribution in [2.75, 3.05) is 19.8 Å². The van der Waals surface area contributed by atoms with Crippen LogP contribution in [0.25, 0.3) is 0 Å². The van der Waals surface area contributed by atoms with Crippen LogP contribution in [-0.2, 0) is 0 Å². The third kappa shape index (κ3) is 5.81. The molecule has 0 saturated heterocycles. The Kier molecular flexibility index (Phi) is 7.95. The minimum Gasteiger partial charge on any atom is -0.489 e. The number of nitrogen functional groups attached to an aromatic ring is 1. The molecule has 4 N–H and O–H groups in total. The summed E-state index contributed by atoms with van der Waals surface area (Å²) < 4.78 is 11.0. The van der Waals surface area contributed by atoms with E-state index in [-0.39, 0.29) is 31.5 Å². The maximum absolute atomic E-state index is 8.78. The monoisotopic (exact) mass is 288 g/mol. The van der Waals surface area contributed by atoms with Gasteiger partial charge in [-0.15, -0.1) is 12.4 Å². The maximum atomic E-state index is 8.78. The quantitative estimate of drug-likeness (QED) is 0.527. The van der Waals surface area contributed by atoms with Crippen LogP contribution >= 0.6 is 12.4 Å². The second kappa shape index (κ2) is 8.61. The van der Waals surface area contributed by atoms with E-state index < -0.39 is 0 Å². The molecule has 0 aliphatic rings. The first-order valence-electron chi connectivity index (χ1n) is 5.89. The van der Waals surface area contributed by atoms with Crippen LogP contribution in [-0.4, -0.2) is 30.8 Å². The molecule has 0 amide bonds. The summed E-state index contributed by atoms with van der Waals surface area (Å²) in [5.74, 6) is 1.47. The van der Waals surface area contributed by atoms with E-state index in [1.54, 1.807) is 18.2 Å². The van der Waals surface area contributed by atoms with Gasteiger partial charge in [0, 0.05) is 5.56 Å². The average Bonchev–Trinajstić information content (AvgIpc) is 2.33. The fourth-order valence-electron chi connectivity index (χ4n) is 1.32. The summed E-state index contributed by atoms with van der Waals surface area (Å²) in [6.45, 7) is 4.79. The predicted octanol–water partition coefficient (Wildman–Crippen LogP) is 1.80. The number of halogens is 1. The van der Waals surface area contributed by atoms with Crippen LogP contribution in [0.4, 0.5) is 0 Å². The Morgan fingerprint density at radius 3 is 2.53 bits per heavy atom. The van der Waals surface area contributed by atoms with Gasteiger partial charge in [0.2, 0.25) is 0 Å². The van der Waals surface area contributed by atoms with E-state index in [4.69, 9.17) is 25.7 Å². The van der Waals surface area contributed by atoms with Gasteiger partial charge in [-0.1, -0.05) is 13.8 Å². The zero-order chi connectivity index (χ0) is 13.5. The van der Waals surface area contributed by atoms with Crippen molar-refractivity contribution in [3.8, 4) is 11.5 Å². The summed E-state index contributed by atoms with van der Waals surface area (Å²) in [6, 6.07) is 5.09. The fraction of sp³-hybridized carbons (Fsp3) is 0.462. The number of hydrogen-bond acceptors (Lipinski definition) is 4. The lowest BCUT2D eigenvalue weighted by Gasteiger charge is -2.14. The van der Waals surface area contributed by atoms with Crippen molar-refractivity contribution in [2.45, 2.75) is 13.8 Å². The zero-order valence-electron chi connectivity index (χ0n) is 11.2. The molecule has 6 heteroatoms. The summed E-state index contributed by atoms with van der Waals surface area (Å²) in [6.07, 6.45) is 0. The number of aliphatic hydroxyl groups excluding tert-OH is 1. The van der Waals surface area contributed by atoms with E-state index in [9.17, 15) is 0 Å². The molecule has 0 bridgehead atoms. The number of amidine groups is 1. The Morgan fingerprint density at radius 2 is 2.00 bits per heavy atom. The second-order valence-electron chi connectivity index (χ2n) is 4.35. The summed E-state index contributed by atoms with van der Waals surface area (Å²) >= 11 is 0. The van der Waals surface area contributed by atoms with Crippen molar-refractivity contribution in [3.05, 3.63) is 23.8 Å². The second-order valence-corrected chi connectivity index (χ2v) is 4.35.